The monoisotopic (exact) mass is 271 g/mol. The second kappa shape index (κ2) is 6.96. The highest BCUT2D eigenvalue weighted by molar-refractivity contribution is 6.00. The van der Waals surface area contributed by atoms with Crippen LogP contribution in [0.1, 0.15) is 25.7 Å². The molecule has 0 aromatic heterocycles. The molecule has 1 saturated carbocycles. The maximum atomic E-state index is 11.9. The Bertz CT molecular complexity index is 371. The molecule has 0 spiro atoms. The van der Waals surface area contributed by atoms with Crippen molar-refractivity contribution in [1.29, 1.82) is 0 Å². The Kier molecular flexibility index (Phi) is 5.59. The van der Waals surface area contributed by atoms with Crippen LogP contribution in [0.3, 0.4) is 0 Å². The van der Waals surface area contributed by atoms with Gasteiger partial charge in [0.05, 0.1) is 28.3 Å². The number of amides is 3. The summed E-state index contributed by atoms with van der Waals surface area (Å²) in [5.41, 5.74) is 0. The largest absolute Gasteiger partial charge is 0.478 e. The topological polar surface area (TPSA) is 73.7 Å². The summed E-state index contributed by atoms with van der Waals surface area (Å²) in [6.07, 6.45) is 3.79. The fraction of sp³-hybridized carbons (Fsp3) is 0.750. The lowest BCUT2D eigenvalue weighted by atomic mass is 10.3. The summed E-state index contributed by atoms with van der Waals surface area (Å²) < 4.78 is 6.27. The van der Waals surface area contributed by atoms with E-state index in [1.807, 2.05) is 0 Å². The molecule has 7 heteroatoms. The maximum Gasteiger partial charge on any atom is 0.478 e. The molecule has 2 N–H and O–H groups in total. The molecule has 19 heavy (non-hydrogen) atoms. The van der Waals surface area contributed by atoms with E-state index in [1.54, 1.807) is 18.7 Å². The highest BCUT2D eigenvalue weighted by Gasteiger charge is 2.27. The zero-order chi connectivity index (χ0) is 14.4. The van der Waals surface area contributed by atoms with Crippen LogP contribution >= 0.6 is 0 Å². The fourth-order valence-electron chi connectivity index (χ4n) is 2.11. The Hall–Kier alpha value is -1.79. The highest BCUT2D eigenvalue weighted by atomic mass is 16.5. The third-order valence-corrected chi connectivity index (χ3v) is 3.11. The van der Waals surface area contributed by atoms with Crippen molar-refractivity contribution in [3.05, 3.63) is 0 Å². The highest BCUT2D eigenvalue weighted by Crippen LogP contribution is 2.17. The van der Waals surface area contributed by atoms with E-state index in [2.05, 4.69) is 15.4 Å². The smallest absolute Gasteiger partial charge is 0.441 e. The van der Waals surface area contributed by atoms with Crippen molar-refractivity contribution < 1.29 is 18.9 Å². The van der Waals surface area contributed by atoms with Crippen molar-refractivity contribution in [3.63, 3.8) is 0 Å². The molecule has 0 saturated heterocycles. The van der Waals surface area contributed by atoms with Gasteiger partial charge in [-0.1, -0.05) is 12.8 Å². The zero-order valence-corrected chi connectivity index (χ0v) is 12.0. The van der Waals surface area contributed by atoms with E-state index in [1.165, 1.54) is 19.1 Å². The zero-order valence-electron chi connectivity index (χ0n) is 12.0. The second-order valence-corrected chi connectivity index (χ2v) is 4.83. The first-order valence-electron chi connectivity index (χ1n) is 6.39. The molecular formula is C12H23N4O3+. The molecule has 0 heterocycles. The standard InChI is InChI=1S/C12H22N4O3/c1-15(2)11(16(3)12(18)19-4)14-10(17)13-9-7-5-6-8-9/h9H,5-8H2,1-4H3,(H,13,17)/p+1. The lowest BCUT2D eigenvalue weighted by Crippen LogP contribution is -2.53. The number of carbonyl (C=O) groups is 2. The van der Waals surface area contributed by atoms with Crippen LogP contribution in [0, 0.1) is 0 Å². The predicted molar refractivity (Wildman–Crippen MR) is 71.2 cm³/mol. The molecule has 0 aromatic rings. The molecule has 1 aliphatic carbocycles. The van der Waals surface area contributed by atoms with Gasteiger partial charge < -0.3 is 10.1 Å². The first-order valence-corrected chi connectivity index (χ1v) is 6.39. The first-order chi connectivity index (χ1) is 8.95. The van der Waals surface area contributed by atoms with Gasteiger partial charge >= 0.3 is 18.1 Å². The third kappa shape index (κ3) is 4.42. The van der Waals surface area contributed by atoms with Crippen LogP contribution in [0.25, 0.3) is 0 Å². The Morgan fingerprint density at radius 2 is 1.84 bits per heavy atom. The summed E-state index contributed by atoms with van der Waals surface area (Å²) in [5.74, 6) is 0.363. The number of rotatable bonds is 1. The molecule has 108 valence electrons. The summed E-state index contributed by atoms with van der Waals surface area (Å²) in [5, 5.41) is 5.58. The number of nitrogens with zero attached hydrogens (tertiary/aromatic N) is 2. The predicted octanol–water partition coefficient (Wildman–Crippen LogP) is 0.555. The van der Waals surface area contributed by atoms with E-state index in [9.17, 15) is 9.59 Å². The minimum atomic E-state index is -0.537. The Labute approximate surface area is 113 Å². The van der Waals surface area contributed by atoms with Gasteiger partial charge in [-0.15, -0.1) is 0 Å². The summed E-state index contributed by atoms with van der Waals surface area (Å²) in [7, 11) is 6.32. The van der Waals surface area contributed by atoms with Crippen molar-refractivity contribution in [3.8, 4) is 0 Å². The van der Waals surface area contributed by atoms with E-state index in [0.717, 1.165) is 25.7 Å². The minimum absolute atomic E-state index is 0.229. The quantitative estimate of drug-likeness (QED) is 0.415. The summed E-state index contributed by atoms with van der Waals surface area (Å²) >= 11 is 0. The van der Waals surface area contributed by atoms with Crippen molar-refractivity contribution in [1.82, 2.24) is 15.5 Å². The van der Waals surface area contributed by atoms with Crippen molar-refractivity contribution >= 4 is 18.1 Å². The number of hydrogen-bond acceptors (Lipinski definition) is 3. The Balaban J connectivity index is 2.61. The van der Waals surface area contributed by atoms with E-state index >= 15 is 0 Å². The van der Waals surface area contributed by atoms with Crippen LogP contribution in [0.5, 0.6) is 0 Å². The van der Waals surface area contributed by atoms with Gasteiger partial charge in [0, 0.05) is 6.04 Å². The van der Waals surface area contributed by atoms with Crippen LogP contribution in [-0.2, 0) is 4.74 Å². The lowest BCUT2D eigenvalue weighted by molar-refractivity contribution is -0.471. The van der Waals surface area contributed by atoms with Gasteiger partial charge in [-0.05, 0) is 12.8 Å². The van der Waals surface area contributed by atoms with Gasteiger partial charge in [0.25, 0.3) is 0 Å². The minimum Gasteiger partial charge on any atom is -0.441 e. The molecule has 1 rings (SSSR count). The first kappa shape index (κ1) is 15.3. The van der Waals surface area contributed by atoms with Crippen molar-refractivity contribution in [2.45, 2.75) is 31.7 Å². The average Bonchev–Trinajstić information content (AvgIpc) is 2.86. The molecule has 0 atom stereocenters. The van der Waals surface area contributed by atoms with Gasteiger partial charge in [0.2, 0.25) is 0 Å². The van der Waals surface area contributed by atoms with Crippen LogP contribution in [0.2, 0.25) is 0 Å². The molecule has 1 aliphatic rings. The molecule has 7 nitrogen and oxygen atoms in total. The number of methoxy groups -OCH3 is 1. The number of ether oxygens (including phenoxy) is 1. The molecule has 0 bridgehead atoms. The lowest BCUT2D eigenvalue weighted by Gasteiger charge is -2.15. The van der Waals surface area contributed by atoms with Crippen LogP contribution in [0.15, 0.2) is 0 Å². The van der Waals surface area contributed by atoms with Gasteiger partial charge in [0.15, 0.2) is 0 Å². The van der Waals surface area contributed by atoms with E-state index in [-0.39, 0.29) is 12.1 Å². The Morgan fingerprint density at radius 1 is 1.26 bits per heavy atom. The summed E-state index contributed by atoms with van der Waals surface area (Å²) in [6, 6.07) is -0.0711. The molecule has 0 unspecified atom stereocenters. The van der Waals surface area contributed by atoms with Crippen LogP contribution < -0.4 is 10.6 Å². The third-order valence-electron chi connectivity index (χ3n) is 3.11. The molecule has 3 amide bonds. The number of urea groups is 1. The summed E-state index contributed by atoms with van der Waals surface area (Å²) in [4.78, 5) is 24.6. The van der Waals surface area contributed by atoms with E-state index in [4.69, 9.17) is 0 Å². The van der Waals surface area contributed by atoms with Gasteiger partial charge in [-0.25, -0.2) is 9.59 Å². The number of nitrogens with one attached hydrogen (secondary N) is 2. The SMILES string of the molecule is COC(=O)N(C)C(NC(=O)NC1CCCC1)=[N+](C)C. The van der Waals surface area contributed by atoms with Crippen molar-refractivity contribution in [2.75, 3.05) is 28.3 Å². The maximum absolute atomic E-state index is 11.9. The van der Waals surface area contributed by atoms with Gasteiger partial charge in [-0.2, -0.15) is 10.2 Å². The second-order valence-electron chi connectivity index (χ2n) is 4.83. The molecular weight excluding hydrogens is 248 g/mol. The van der Waals surface area contributed by atoms with Crippen LogP contribution in [-0.4, -0.2) is 61.9 Å². The normalized spacial score (nSPS) is 14.7. The average molecular weight is 271 g/mol. The molecule has 0 radical (unpaired) electrons. The number of hydrogen-bond donors (Lipinski definition) is 2. The number of carbonyl (C=O) groups excluding carboxylic acids is 2. The van der Waals surface area contributed by atoms with Crippen LogP contribution in [0.4, 0.5) is 9.59 Å². The van der Waals surface area contributed by atoms with Gasteiger partial charge in [0.1, 0.15) is 0 Å². The molecule has 0 aromatic carbocycles. The fourth-order valence-corrected chi connectivity index (χ4v) is 2.11. The Morgan fingerprint density at radius 3 is 2.32 bits per heavy atom. The van der Waals surface area contributed by atoms with Gasteiger partial charge in [-0.3, -0.25) is 4.58 Å². The van der Waals surface area contributed by atoms with E-state index < -0.39 is 6.09 Å². The van der Waals surface area contributed by atoms with Crippen molar-refractivity contribution in [2.24, 2.45) is 0 Å². The molecule has 0 aliphatic heterocycles. The number of guanidine groups is 1. The summed E-state index contributed by atoms with van der Waals surface area (Å²) in [6.45, 7) is 0. The molecule has 1 fully saturated rings. The van der Waals surface area contributed by atoms with E-state index in [0.29, 0.717) is 5.96 Å².